The van der Waals surface area contributed by atoms with E-state index in [9.17, 15) is 4.39 Å². The molecule has 1 heterocycles. The quantitative estimate of drug-likeness (QED) is 0.745. The Hall–Kier alpha value is -0.410. The molecule has 0 amide bonds. The molecule has 1 aromatic heterocycles. The monoisotopic (exact) mass is 174 g/mol. The van der Waals surface area contributed by atoms with E-state index >= 15 is 0 Å². The lowest BCUT2D eigenvalue weighted by atomic mass is 10.3. The molecule has 62 valence electrons. The Morgan fingerprint density at radius 3 is 2.82 bits per heavy atom. The summed E-state index contributed by atoms with van der Waals surface area (Å²) in [5.41, 5.74) is 0. The van der Waals surface area contributed by atoms with Crippen molar-refractivity contribution in [3.8, 4) is 0 Å². The first-order valence-corrected chi connectivity index (χ1v) is 4.47. The molecule has 0 aliphatic carbocycles. The molecule has 11 heavy (non-hydrogen) atoms. The van der Waals surface area contributed by atoms with E-state index in [1.807, 2.05) is 6.92 Å². The van der Waals surface area contributed by atoms with E-state index < -0.39 is 0 Å². The van der Waals surface area contributed by atoms with Gasteiger partial charge in [0.05, 0.1) is 6.61 Å². The molecule has 0 bridgehead atoms. The van der Waals surface area contributed by atoms with Crippen molar-refractivity contribution >= 4 is 11.3 Å². The number of hydrogen-bond donors (Lipinski definition) is 1. The molecule has 0 fully saturated rings. The van der Waals surface area contributed by atoms with E-state index in [-0.39, 0.29) is 12.4 Å². The zero-order chi connectivity index (χ0) is 8.27. The summed E-state index contributed by atoms with van der Waals surface area (Å²) >= 11 is 1.36. The molecule has 0 unspecified atom stereocenters. The molecule has 1 rings (SSSR count). The van der Waals surface area contributed by atoms with Gasteiger partial charge in [0.2, 0.25) is 0 Å². The fraction of sp³-hybridized carbons (Fsp3) is 0.500. The molecule has 0 aromatic carbocycles. The molecule has 0 aliphatic rings. The smallest absolute Gasteiger partial charge is 0.137 e. The van der Waals surface area contributed by atoms with Gasteiger partial charge in [0, 0.05) is 9.75 Å². The van der Waals surface area contributed by atoms with Crippen LogP contribution in [0.2, 0.25) is 0 Å². The van der Waals surface area contributed by atoms with Gasteiger partial charge < -0.3 is 5.11 Å². The first-order chi connectivity index (χ1) is 5.27. The van der Waals surface area contributed by atoms with Crippen LogP contribution < -0.4 is 0 Å². The highest BCUT2D eigenvalue weighted by molar-refractivity contribution is 7.12. The molecule has 0 aliphatic heterocycles. The average Bonchev–Trinajstić information content (AvgIpc) is 2.33. The van der Waals surface area contributed by atoms with Gasteiger partial charge in [-0.2, -0.15) is 0 Å². The van der Waals surface area contributed by atoms with Crippen LogP contribution in [0.15, 0.2) is 6.07 Å². The molecule has 1 N–H and O–H groups in total. The first-order valence-electron chi connectivity index (χ1n) is 3.66. The van der Waals surface area contributed by atoms with E-state index in [0.29, 0.717) is 4.88 Å². The number of aliphatic hydroxyl groups excluding tert-OH is 1. The number of thiophene rings is 1. The van der Waals surface area contributed by atoms with Crippen molar-refractivity contribution in [2.75, 3.05) is 0 Å². The van der Waals surface area contributed by atoms with Gasteiger partial charge in [-0.3, -0.25) is 0 Å². The fourth-order valence-corrected chi connectivity index (χ4v) is 1.94. The Bertz CT molecular complexity index is 232. The van der Waals surface area contributed by atoms with Crippen LogP contribution in [0.25, 0.3) is 0 Å². The lowest BCUT2D eigenvalue weighted by molar-refractivity contribution is 0.285. The van der Waals surface area contributed by atoms with Crippen LogP contribution in [0.1, 0.15) is 23.1 Å². The van der Waals surface area contributed by atoms with Gasteiger partial charge in [-0.05, 0) is 12.5 Å². The number of rotatable bonds is 3. The molecule has 0 radical (unpaired) electrons. The van der Waals surface area contributed by atoms with Gasteiger partial charge in [0.1, 0.15) is 5.82 Å². The lowest BCUT2D eigenvalue weighted by Crippen LogP contribution is -1.79. The van der Waals surface area contributed by atoms with Gasteiger partial charge in [0.15, 0.2) is 0 Å². The molecule has 0 spiro atoms. The van der Waals surface area contributed by atoms with Gasteiger partial charge in [0.25, 0.3) is 0 Å². The maximum Gasteiger partial charge on any atom is 0.137 e. The zero-order valence-corrected chi connectivity index (χ0v) is 7.25. The molecular weight excluding hydrogens is 163 g/mol. The van der Waals surface area contributed by atoms with Gasteiger partial charge in [-0.15, -0.1) is 11.3 Å². The van der Waals surface area contributed by atoms with Crippen LogP contribution >= 0.6 is 11.3 Å². The number of hydrogen-bond acceptors (Lipinski definition) is 2. The SMILES string of the molecule is CCCc1sc(CO)cc1F. The standard InChI is InChI=1S/C8H11FOS/c1-2-3-8-7(9)4-6(5-10)11-8/h4,10H,2-3,5H2,1H3. The third-order valence-electron chi connectivity index (χ3n) is 1.44. The molecule has 1 nitrogen and oxygen atoms in total. The largest absolute Gasteiger partial charge is 0.391 e. The summed E-state index contributed by atoms with van der Waals surface area (Å²) in [6, 6.07) is 1.41. The number of aryl methyl sites for hydroxylation is 1. The molecule has 3 heteroatoms. The predicted molar refractivity (Wildman–Crippen MR) is 44.2 cm³/mol. The number of aliphatic hydroxyl groups is 1. The average molecular weight is 174 g/mol. The second kappa shape index (κ2) is 3.83. The fourth-order valence-electron chi connectivity index (χ4n) is 0.934. The minimum absolute atomic E-state index is 0.0503. The third-order valence-corrected chi connectivity index (χ3v) is 2.60. The zero-order valence-electron chi connectivity index (χ0n) is 6.43. The summed E-state index contributed by atoms with van der Waals surface area (Å²) < 4.78 is 12.9. The van der Waals surface area contributed by atoms with E-state index in [2.05, 4.69) is 0 Å². The summed E-state index contributed by atoms with van der Waals surface area (Å²) in [6.45, 7) is 1.96. The van der Waals surface area contributed by atoms with E-state index in [4.69, 9.17) is 5.11 Å². The van der Waals surface area contributed by atoms with Crippen LogP contribution in [0, 0.1) is 5.82 Å². The molecule has 0 saturated heterocycles. The minimum Gasteiger partial charge on any atom is -0.391 e. The van der Waals surface area contributed by atoms with Crippen LogP contribution in [0.3, 0.4) is 0 Å². The van der Waals surface area contributed by atoms with Crippen LogP contribution in [0.4, 0.5) is 4.39 Å². The third kappa shape index (κ3) is 2.01. The van der Waals surface area contributed by atoms with Crippen molar-refractivity contribution in [2.45, 2.75) is 26.4 Å². The Morgan fingerprint density at radius 2 is 2.36 bits per heavy atom. The highest BCUT2D eigenvalue weighted by atomic mass is 32.1. The van der Waals surface area contributed by atoms with Crippen LogP contribution in [-0.4, -0.2) is 5.11 Å². The van der Waals surface area contributed by atoms with Crippen molar-refractivity contribution in [1.82, 2.24) is 0 Å². The summed E-state index contributed by atoms with van der Waals surface area (Å²) in [5, 5.41) is 8.69. The Morgan fingerprint density at radius 1 is 1.64 bits per heavy atom. The maximum absolute atomic E-state index is 12.9. The van der Waals surface area contributed by atoms with Crippen molar-refractivity contribution in [1.29, 1.82) is 0 Å². The predicted octanol–water partition coefficient (Wildman–Crippen LogP) is 2.33. The second-order valence-corrected chi connectivity index (χ2v) is 3.61. The van der Waals surface area contributed by atoms with E-state index in [1.165, 1.54) is 17.4 Å². The Labute approximate surface area is 69.5 Å². The van der Waals surface area contributed by atoms with E-state index in [1.54, 1.807) is 0 Å². The first kappa shape index (κ1) is 8.68. The van der Waals surface area contributed by atoms with Crippen molar-refractivity contribution in [3.63, 3.8) is 0 Å². The molecule has 0 saturated carbocycles. The maximum atomic E-state index is 12.9. The highest BCUT2D eigenvalue weighted by Gasteiger charge is 2.06. The number of halogens is 1. The highest BCUT2D eigenvalue weighted by Crippen LogP contribution is 2.22. The van der Waals surface area contributed by atoms with Gasteiger partial charge in [-0.25, -0.2) is 4.39 Å². The van der Waals surface area contributed by atoms with Crippen molar-refractivity contribution in [3.05, 3.63) is 21.6 Å². The Balaban J connectivity index is 2.79. The van der Waals surface area contributed by atoms with Crippen LogP contribution in [0.5, 0.6) is 0 Å². The molecular formula is C8H11FOS. The summed E-state index contributed by atoms with van der Waals surface area (Å²) in [6.07, 6.45) is 1.72. The Kier molecular flexibility index (Phi) is 3.02. The molecule has 1 aromatic rings. The topological polar surface area (TPSA) is 20.2 Å². The summed E-state index contributed by atoms with van der Waals surface area (Å²) in [4.78, 5) is 1.47. The summed E-state index contributed by atoms with van der Waals surface area (Å²) in [7, 11) is 0. The van der Waals surface area contributed by atoms with Crippen molar-refractivity contribution < 1.29 is 9.50 Å². The minimum atomic E-state index is -0.166. The molecule has 0 atom stereocenters. The summed E-state index contributed by atoms with van der Waals surface area (Å²) in [5.74, 6) is -0.166. The lowest BCUT2D eigenvalue weighted by Gasteiger charge is -1.89. The van der Waals surface area contributed by atoms with Gasteiger partial charge >= 0.3 is 0 Å². The van der Waals surface area contributed by atoms with E-state index in [0.717, 1.165) is 17.7 Å². The van der Waals surface area contributed by atoms with Crippen molar-refractivity contribution in [2.24, 2.45) is 0 Å². The van der Waals surface area contributed by atoms with Gasteiger partial charge in [-0.1, -0.05) is 13.3 Å². The van der Waals surface area contributed by atoms with Crippen LogP contribution in [-0.2, 0) is 13.0 Å². The second-order valence-electron chi connectivity index (χ2n) is 2.39. The normalized spacial score (nSPS) is 10.5.